The maximum atomic E-state index is 4.43. The first-order valence-electron chi connectivity index (χ1n) is 5.02. The normalized spacial score (nSPS) is 10.5. The molecule has 88 valence electrons. The van der Waals surface area contributed by atoms with Crippen LogP contribution in [0.2, 0.25) is 0 Å². The monoisotopic (exact) mass is 326 g/mol. The van der Waals surface area contributed by atoms with Crippen LogP contribution in [-0.4, -0.2) is 16.2 Å². The van der Waals surface area contributed by atoms with Crippen molar-refractivity contribution in [2.75, 3.05) is 6.26 Å². The van der Waals surface area contributed by atoms with Crippen LogP contribution in [0.3, 0.4) is 0 Å². The van der Waals surface area contributed by atoms with Crippen molar-refractivity contribution in [2.24, 2.45) is 0 Å². The van der Waals surface area contributed by atoms with Crippen molar-refractivity contribution >= 4 is 39.5 Å². The van der Waals surface area contributed by atoms with Crippen LogP contribution in [0, 0.1) is 0 Å². The third-order valence-electron chi connectivity index (χ3n) is 2.07. The minimum Gasteiger partial charge on any atom is -0.231 e. The molecule has 2 rings (SSSR count). The Bertz CT molecular complexity index is 505. The molecule has 0 fully saturated rings. The molecule has 0 amide bonds. The molecule has 0 aliphatic heterocycles. The second-order valence-corrected chi connectivity index (χ2v) is 5.98. The summed E-state index contributed by atoms with van der Waals surface area (Å²) in [5.41, 5.74) is 1.27. The van der Waals surface area contributed by atoms with Gasteiger partial charge in [0.05, 0.1) is 0 Å². The Balaban J connectivity index is 2.02. The fourth-order valence-corrected chi connectivity index (χ4v) is 2.94. The van der Waals surface area contributed by atoms with E-state index in [-0.39, 0.29) is 0 Å². The first-order valence-corrected chi connectivity index (χ1v) is 8.02. The number of thioether (sulfide) groups is 2. The summed E-state index contributed by atoms with van der Waals surface area (Å²) in [5.74, 6) is 0.886. The Hall–Kier alpha value is -0.520. The molecule has 17 heavy (non-hydrogen) atoms. The number of hydrogen-bond donors (Lipinski definition) is 0. The van der Waals surface area contributed by atoms with Gasteiger partial charge in [-0.3, -0.25) is 0 Å². The maximum Gasteiger partial charge on any atom is 0.188 e. The van der Waals surface area contributed by atoms with E-state index in [1.807, 2.05) is 30.7 Å². The third kappa shape index (κ3) is 4.01. The minimum atomic E-state index is 0.830. The van der Waals surface area contributed by atoms with Crippen molar-refractivity contribution in [3.8, 4) is 0 Å². The van der Waals surface area contributed by atoms with E-state index < -0.39 is 0 Å². The van der Waals surface area contributed by atoms with Gasteiger partial charge in [-0.05, 0) is 30.0 Å². The standard InChI is InChI=1S/C12H11BrN2S2/c1-16-11-5-6-14-12(15-11)17-8-9-3-2-4-10(13)7-9/h2-7H,8H2,1H3. The maximum absolute atomic E-state index is 4.43. The third-order valence-corrected chi connectivity index (χ3v) is 4.15. The van der Waals surface area contributed by atoms with Gasteiger partial charge in [-0.25, -0.2) is 9.97 Å². The summed E-state index contributed by atoms with van der Waals surface area (Å²) in [6.45, 7) is 0. The van der Waals surface area contributed by atoms with Gasteiger partial charge in [-0.1, -0.05) is 39.8 Å². The van der Waals surface area contributed by atoms with Crippen molar-refractivity contribution in [2.45, 2.75) is 15.9 Å². The van der Waals surface area contributed by atoms with Crippen molar-refractivity contribution in [1.82, 2.24) is 9.97 Å². The van der Waals surface area contributed by atoms with Crippen molar-refractivity contribution in [1.29, 1.82) is 0 Å². The SMILES string of the molecule is CSc1ccnc(SCc2cccc(Br)c2)n1. The molecule has 0 unspecified atom stereocenters. The fraction of sp³-hybridized carbons (Fsp3) is 0.167. The van der Waals surface area contributed by atoms with Crippen molar-refractivity contribution in [3.63, 3.8) is 0 Å². The van der Waals surface area contributed by atoms with Crippen LogP contribution >= 0.6 is 39.5 Å². The molecule has 2 aromatic rings. The molecule has 1 aromatic heterocycles. The number of benzene rings is 1. The van der Waals surface area contributed by atoms with Gasteiger partial charge in [0, 0.05) is 16.4 Å². The van der Waals surface area contributed by atoms with E-state index >= 15 is 0 Å². The summed E-state index contributed by atoms with van der Waals surface area (Å²) >= 11 is 6.76. The number of halogens is 1. The van der Waals surface area contributed by atoms with Gasteiger partial charge in [-0.15, -0.1) is 11.8 Å². The van der Waals surface area contributed by atoms with E-state index in [0.29, 0.717) is 0 Å². The first-order chi connectivity index (χ1) is 8.28. The van der Waals surface area contributed by atoms with Crippen LogP contribution in [0.15, 0.2) is 51.2 Å². The summed E-state index contributed by atoms with van der Waals surface area (Å²) in [6.07, 6.45) is 3.83. The lowest BCUT2D eigenvalue weighted by molar-refractivity contribution is 0.892. The molecule has 0 saturated carbocycles. The highest BCUT2D eigenvalue weighted by atomic mass is 79.9. The Kier molecular flexibility index (Phi) is 4.88. The Morgan fingerprint density at radius 2 is 2.18 bits per heavy atom. The average molecular weight is 327 g/mol. The Morgan fingerprint density at radius 1 is 1.29 bits per heavy atom. The quantitative estimate of drug-likeness (QED) is 0.476. The zero-order valence-electron chi connectivity index (χ0n) is 9.26. The molecular weight excluding hydrogens is 316 g/mol. The molecule has 1 aromatic carbocycles. The number of rotatable bonds is 4. The molecule has 0 spiro atoms. The zero-order chi connectivity index (χ0) is 12.1. The summed E-state index contributed by atoms with van der Waals surface area (Å²) < 4.78 is 1.11. The van der Waals surface area contributed by atoms with E-state index in [0.717, 1.165) is 20.4 Å². The lowest BCUT2D eigenvalue weighted by Gasteiger charge is -2.02. The first kappa shape index (κ1) is 12.9. The summed E-state index contributed by atoms with van der Waals surface area (Å²) in [6, 6.07) is 10.2. The van der Waals surface area contributed by atoms with Crippen LogP contribution in [0.25, 0.3) is 0 Å². The molecular formula is C12H11BrN2S2. The smallest absolute Gasteiger partial charge is 0.188 e. The Labute approximate surface area is 118 Å². The molecule has 5 heteroatoms. The molecule has 2 nitrogen and oxygen atoms in total. The highest BCUT2D eigenvalue weighted by molar-refractivity contribution is 9.10. The van der Waals surface area contributed by atoms with Gasteiger partial charge in [-0.2, -0.15) is 0 Å². The van der Waals surface area contributed by atoms with Crippen LogP contribution in [0.5, 0.6) is 0 Å². The van der Waals surface area contributed by atoms with Gasteiger partial charge in [0.1, 0.15) is 5.03 Å². The molecule has 0 atom stereocenters. The van der Waals surface area contributed by atoms with E-state index in [4.69, 9.17) is 0 Å². The van der Waals surface area contributed by atoms with Crippen molar-refractivity contribution in [3.05, 3.63) is 46.6 Å². The zero-order valence-corrected chi connectivity index (χ0v) is 12.5. The summed E-state index contributed by atoms with van der Waals surface area (Å²) in [7, 11) is 0. The summed E-state index contributed by atoms with van der Waals surface area (Å²) in [5, 5.41) is 1.84. The number of hydrogen-bond acceptors (Lipinski definition) is 4. The van der Waals surface area contributed by atoms with Crippen LogP contribution in [0.1, 0.15) is 5.56 Å². The average Bonchev–Trinajstić information content (AvgIpc) is 2.37. The number of aromatic nitrogens is 2. The van der Waals surface area contributed by atoms with Gasteiger partial charge in [0.2, 0.25) is 0 Å². The van der Waals surface area contributed by atoms with Gasteiger partial charge < -0.3 is 0 Å². The summed E-state index contributed by atoms with van der Waals surface area (Å²) in [4.78, 5) is 8.68. The predicted molar refractivity (Wildman–Crippen MR) is 77.5 cm³/mol. The second kappa shape index (κ2) is 6.42. The molecule has 0 aliphatic carbocycles. The largest absolute Gasteiger partial charge is 0.231 e. The van der Waals surface area contributed by atoms with Gasteiger partial charge >= 0.3 is 0 Å². The van der Waals surface area contributed by atoms with E-state index in [1.165, 1.54) is 5.56 Å². The topological polar surface area (TPSA) is 25.8 Å². The highest BCUT2D eigenvalue weighted by Crippen LogP contribution is 2.22. The number of nitrogens with zero attached hydrogens (tertiary/aromatic N) is 2. The Morgan fingerprint density at radius 3 is 2.94 bits per heavy atom. The van der Waals surface area contributed by atoms with Crippen molar-refractivity contribution < 1.29 is 0 Å². The van der Waals surface area contributed by atoms with Crippen LogP contribution < -0.4 is 0 Å². The lowest BCUT2D eigenvalue weighted by atomic mass is 10.2. The molecule has 0 aliphatic rings. The van der Waals surface area contributed by atoms with E-state index in [2.05, 4.69) is 38.0 Å². The molecule has 0 bridgehead atoms. The van der Waals surface area contributed by atoms with E-state index in [9.17, 15) is 0 Å². The van der Waals surface area contributed by atoms with Gasteiger partial charge in [0.15, 0.2) is 5.16 Å². The highest BCUT2D eigenvalue weighted by Gasteiger charge is 2.01. The molecule has 0 radical (unpaired) electrons. The lowest BCUT2D eigenvalue weighted by Crippen LogP contribution is -1.88. The van der Waals surface area contributed by atoms with Crippen LogP contribution in [0.4, 0.5) is 0 Å². The fourth-order valence-electron chi connectivity index (χ4n) is 1.28. The molecule has 0 N–H and O–H groups in total. The van der Waals surface area contributed by atoms with E-state index in [1.54, 1.807) is 23.5 Å². The second-order valence-electron chi connectivity index (χ2n) is 3.30. The molecule has 1 heterocycles. The van der Waals surface area contributed by atoms with Gasteiger partial charge in [0.25, 0.3) is 0 Å². The minimum absolute atomic E-state index is 0.830. The predicted octanol–water partition coefficient (Wildman–Crippen LogP) is 4.25. The molecule has 0 saturated heterocycles. The van der Waals surface area contributed by atoms with Crippen LogP contribution in [-0.2, 0) is 5.75 Å².